The minimum atomic E-state index is -1.55. The van der Waals surface area contributed by atoms with E-state index in [1.54, 1.807) is 37.7 Å². The molecule has 32 heavy (non-hydrogen) atoms. The van der Waals surface area contributed by atoms with Crippen LogP contribution in [0.5, 0.6) is 0 Å². The maximum absolute atomic E-state index is 14.9. The van der Waals surface area contributed by atoms with Crippen molar-refractivity contribution < 1.29 is 23.4 Å². The van der Waals surface area contributed by atoms with Gasteiger partial charge in [0.1, 0.15) is 16.8 Å². The number of amides is 1. The van der Waals surface area contributed by atoms with E-state index in [1.165, 1.54) is 0 Å². The van der Waals surface area contributed by atoms with Crippen molar-refractivity contribution in [1.29, 1.82) is 0 Å². The second kappa shape index (κ2) is 9.27. The standard InChI is InChI=1S/C19H23ClFN7O4/c1-9(2)22-19(29)32-13-8-31-17(16(13)21)11-5-15(26-25-11)24-18-12-4-10(7-30-3)27-28(12)6-14(20)23-18/h4-6,9,13,16-17H,7-8H2,1-3H3,(H,22,29)(H2,23,24,25,26)/t13-,16-,17-/m0/s1. The third-order valence-electron chi connectivity index (χ3n) is 4.67. The zero-order valence-electron chi connectivity index (χ0n) is 17.6. The van der Waals surface area contributed by atoms with Crippen molar-refractivity contribution >= 4 is 34.8 Å². The number of halogens is 2. The van der Waals surface area contributed by atoms with E-state index in [0.29, 0.717) is 35.1 Å². The quantitative estimate of drug-likeness (QED) is 0.484. The topological polar surface area (TPSA) is 128 Å². The summed E-state index contributed by atoms with van der Waals surface area (Å²) >= 11 is 6.11. The van der Waals surface area contributed by atoms with E-state index in [1.807, 2.05) is 6.07 Å². The monoisotopic (exact) mass is 467 g/mol. The average molecular weight is 468 g/mol. The highest BCUT2D eigenvalue weighted by Crippen LogP contribution is 2.34. The molecule has 0 aromatic carbocycles. The molecule has 13 heteroatoms. The summed E-state index contributed by atoms with van der Waals surface area (Å²) in [5.74, 6) is 0.796. The lowest BCUT2D eigenvalue weighted by Crippen LogP contribution is -2.36. The van der Waals surface area contributed by atoms with E-state index in [9.17, 15) is 9.18 Å². The van der Waals surface area contributed by atoms with Crippen LogP contribution < -0.4 is 10.6 Å². The molecule has 0 bridgehead atoms. The van der Waals surface area contributed by atoms with Crippen LogP contribution in [0.3, 0.4) is 0 Å². The number of aromatic amines is 1. The first kappa shape index (κ1) is 22.2. The van der Waals surface area contributed by atoms with Crippen LogP contribution in [0.4, 0.5) is 20.8 Å². The van der Waals surface area contributed by atoms with Gasteiger partial charge >= 0.3 is 6.09 Å². The number of fused-ring (bicyclic) bond motifs is 1. The highest BCUT2D eigenvalue weighted by atomic mass is 35.5. The molecule has 4 heterocycles. The third-order valence-corrected chi connectivity index (χ3v) is 4.85. The molecule has 1 amide bonds. The van der Waals surface area contributed by atoms with Crippen molar-refractivity contribution in [3.05, 3.63) is 34.9 Å². The van der Waals surface area contributed by atoms with Crippen LogP contribution in [-0.2, 0) is 20.8 Å². The lowest BCUT2D eigenvalue weighted by molar-refractivity contribution is 0.0615. The Morgan fingerprint density at radius 1 is 1.47 bits per heavy atom. The Morgan fingerprint density at radius 2 is 2.28 bits per heavy atom. The first-order valence-corrected chi connectivity index (χ1v) is 10.3. The third kappa shape index (κ3) is 4.76. The molecule has 0 unspecified atom stereocenters. The zero-order valence-corrected chi connectivity index (χ0v) is 18.4. The molecule has 3 atom stereocenters. The Balaban J connectivity index is 1.47. The van der Waals surface area contributed by atoms with Crippen LogP contribution in [-0.4, -0.2) is 62.9 Å². The number of rotatable bonds is 7. The molecule has 3 N–H and O–H groups in total. The van der Waals surface area contributed by atoms with E-state index in [-0.39, 0.29) is 17.8 Å². The van der Waals surface area contributed by atoms with Gasteiger partial charge in [-0.3, -0.25) is 5.10 Å². The first-order chi connectivity index (χ1) is 15.3. The number of anilines is 2. The molecular weight excluding hydrogens is 445 g/mol. The molecule has 1 aliphatic heterocycles. The van der Waals surface area contributed by atoms with Crippen molar-refractivity contribution in [2.75, 3.05) is 19.0 Å². The lowest BCUT2D eigenvalue weighted by Gasteiger charge is -2.16. The summed E-state index contributed by atoms with van der Waals surface area (Å²) in [5.41, 5.74) is 1.76. The number of ether oxygens (including phenoxy) is 3. The number of nitrogens with one attached hydrogen (secondary N) is 3. The molecule has 0 radical (unpaired) electrons. The highest BCUT2D eigenvalue weighted by Gasteiger charge is 2.42. The largest absolute Gasteiger partial charge is 0.441 e. The van der Waals surface area contributed by atoms with Crippen LogP contribution in [0, 0.1) is 0 Å². The van der Waals surface area contributed by atoms with Gasteiger partial charge in [-0.25, -0.2) is 18.7 Å². The molecule has 3 aromatic heterocycles. The minimum absolute atomic E-state index is 0.0618. The van der Waals surface area contributed by atoms with Gasteiger partial charge in [0.15, 0.2) is 23.9 Å². The summed E-state index contributed by atoms with van der Waals surface area (Å²) in [5, 5.41) is 17.1. The van der Waals surface area contributed by atoms with Gasteiger partial charge in [-0.1, -0.05) is 11.6 Å². The summed E-state index contributed by atoms with van der Waals surface area (Å²) in [6, 6.07) is 3.29. The predicted molar refractivity (Wildman–Crippen MR) is 113 cm³/mol. The zero-order chi connectivity index (χ0) is 22.8. The SMILES string of the molecule is COCc1cc2c(Nc3cc([C@@H]4OC[C@H](OC(=O)NC(C)C)[C@@H]4F)[nH]n3)nc(Cl)cn2n1. The van der Waals surface area contributed by atoms with Crippen molar-refractivity contribution in [2.24, 2.45) is 0 Å². The van der Waals surface area contributed by atoms with Gasteiger partial charge in [-0.2, -0.15) is 10.2 Å². The molecule has 1 aliphatic rings. The Morgan fingerprint density at radius 3 is 3.03 bits per heavy atom. The number of hydrogen-bond acceptors (Lipinski definition) is 8. The summed E-state index contributed by atoms with van der Waals surface area (Å²) in [7, 11) is 1.58. The molecular formula is C19H23ClFN7O4. The molecule has 1 saturated heterocycles. The summed E-state index contributed by atoms with van der Waals surface area (Å²) in [6.07, 6.45) is -2.63. The summed E-state index contributed by atoms with van der Waals surface area (Å²) < 4.78 is 32.2. The van der Waals surface area contributed by atoms with Gasteiger partial charge in [0.25, 0.3) is 0 Å². The maximum atomic E-state index is 14.9. The normalized spacial score (nSPS) is 20.8. The number of carbonyl (C=O) groups is 1. The molecule has 172 valence electrons. The lowest BCUT2D eigenvalue weighted by atomic mass is 10.1. The molecule has 0 saturated carbocycles. The number of H-pyrrole nitrogens is 1. The Kier molecular flexibility index (Phi) is 6.44. The Bertz CT molecular complexity index is 1100. The molecule has 3 aromatic rings. The number of aromatic nitrogens is 5. The summed E-state index contributed by atoms with van der Waals surface area (Å²) in [4.78, 5) is 16.1. The van der Waals surface area contributed by atoms with Crippen molar-refractivity contribution in [2.45, 2.75) is 44.9 Å². The minimum Gasteiger partial charge on any atom is -0.441 e. The smallest absolute Gasteiger partial charge is 0.407 e. The number of hydrogen-bond donors (Lipinski definition) is 3. The van der Waals surface area contributed by atoms with Gasteiger partial charge in [0.05, 0.1) is 30.8 Å². The second-order valence-electron chi connectivity index (χ2n) is 7.59. The number of carbonyl (C=O) groups excluding carboxylic acids is 1. The van der Waals surface area contributed by atoms with Crippen LogP contribution in [0.25, 0.3) is 5.52 Å². The number of alkyl halides is 1. The number of methoxy groups -OCH3 is 1. The highest BCUT2D eigenvalue weighted by molar-refractivity contribution is 6.29. The van der Waals surface area contributed by atoms with Crippen molar-refractivity contribution in [1.82, 2.24) is 30.1 Å². The molecule has 1 fully saturated rings. The van der Waals surface area contributed by atoms with Gasteiger partial charge in [-0.15, -0.1) is 0 Å². The Labute approximate surface area is 187 Å². The second-order valence-corrected chi connectivity index (χ2v) is 7.97. The van der Waals surface area contributed by atoms with Gasteiger partial charge in [0.2, 0.25) is 0 Å². The van der Waals surface area contributed by atoms with E-state index in [4.69, 9.17) is 25.8 Å². The van der Waals surface area contributed by atoms with E-state index < -0.39 is 24.5 Å². The van der Waals surface area contributed by atoms with Crippen LogP contribution >= 0.6 is 11.6 Å². The molecule has 11 nitrogen and oxygen atoms in total. The van der Waals surface area contributed by atoms with E-state index >= 15 is 0 Å². The van der Waals surface area contributed by atoms with Gasteiger partial charge < -0.3 is 24.8 Å². The molecule has 4 rings (SSSR count). The predicted octanol–water partition coefficient (Wildman–Crippen LogP) is 2.91. The van der Waals surface area contributed by atoms with Crippen LogP contribution in [0.2, 0.25) is 5.15 Å². The van der Waals surface area contributed by atoms with Crippen molar-refractivity contribution in [3.63, 3.8) is 0 Å². The molecule has 0 spiro atoms. The molecule has 0 aliphatic carbocycles. The summed E-state index contributed by atoms with van der Waals surface area (Å²) in [6.45, 7) is 3.84. The van der Waals surface area contributed by atoms with E-state index in [2.05, 4.69) is 30.9 Å². The maximum Gasteiger partial charge on any atom is 0.407 e. The number of alkyl carbamates (subject to hydrolysis) is 1. The van der Waals surface area contributed by atoms with E-state index in [0.717, 1.165) is 0 Å². The van der Waals surface area contributed by atoms with Crippen LogP contribution in [0.1, 0.15) is 31.3 Å². The fourth-order valence-electron chi connectivity index (χ4n) is 3.34. The fourth-order valence-corrected chi connectivity index (χ4v) is 3.51. The van der Waals surface area contributed by atoms with Crippen molar-refractivity contribution in [3.8, 4) is 0 Å². The van der Waals surface area contributed by atoms with Crippen LogP contribution in [0.15, 0.2) is 18.3 Å². The average Bonchev–Trinajstić information content (AvgIpc) is 3.41. The fraction of sp³-hybridized carbons (Fsp3) is 0.474. The first-order valence-electron chi connectivity index (χ1n) is 9.93. The Hall–Kier alpha value is -2.96. The van der Waals surface area contributed by atoms with Gasteiger partial charge in [-0.05, 0) is 19.9 Å². The number of nitrogens with zero attached hydrogens (tertiary/aromatic N) is 4. The van der Waals surface area contributed by atoms with Gasteiger partial charge in [0, 0.05) is 19.2 Å².